The van der Waals surface area contributed by atoms with Crippen LogP contribution in [0.25, 0.3) is 0 Å². The lowest BCUT2D eigenvalue weighted by molar-refractivity contribution is 0.275. The van der Waals surface area contributed by atoms with Crippen LogP contribution in [0, 0.1) is 0 Å². The highest BCUT2D eigenvalue weighted by molar-refractivity contribution is 6.44. The van der Waals surface area contributed by atoms with Gasteiger partial charge < -0.3 is 13.6 Å². The molecule has 2 atom stereocenters. The summed E-state index contributed by atoms with van der Waals surface area (Å²) in [5.74, 6) is 0. The summed E-state index contributed by atoms with van der Waals surface area (Å²) in [6, 6.07) is 1.06. The lowest BCUT2D eigenvalue weighted by atomic mass is 10.2. The number of ether oxygens (including phenoxy) is 1. The Morgan fingerprint density at radius 2 is 1.92 bits per heavy atom. The molecule has 0 aromatic heterocycles. The Labute approximate surface area is 82.2 Å². The second-order valence-electron chi connectivity index (χ2n) is 3.29. The molecule has 0 aromatic rings. The van der Waals surface area contributed by atoms with Crippen molar-refractivity contribution < 1.29 is 13.6 Å². The molecule has 2 unspecified atom stereocenters. The second-order valence-corrected chi connectivity index (χ2v) is 5.35. The largest absolute Gasteiger partial charge is 0.397 e. The first-order valence-corrected chi connectivity index (χ1v) is 6.43. The van der Waals surface area contributed by atoms with Crippen molar-refractivity contribution in [3.05, 3.63) is 0 Å². The molecule has 0 aromatic carbocycles. The van der Waals surface area contributed by atoms with Crippen LogP contribution in [0.5, 0.6) is 0 Å². The van der Waals surface area contributed by atoms with Crippen LogP contribution in [-0.2, 0) is 13.6 Å². The zero-order valence-corrected chi connectivity index (χ0v) is 9.71. The Balaban J connectivity index is 1.95. The summed E-state index contributed by atoms with van der Waals surface area (Å²) in [6.07, 6.45) is 4.55. The van der Waals surface area contributed by atoms with E-state index in [0.29, 0.717) is 12.2 Å². The molecule has 0 amide bonds. The maximum absolute atomic E-state index is 5.44. The minimum absolute atomic E-state index is 0.530. The van der Waals surface area contributed by atoms with E-state index >= 15 is 0 Å². The predicted octanol–water partition coefficient (Wildman–Crippen LogP) is 1.72. The van der Waals surface area contributed by atoms with Gasteiger partial charge in [0, 0.05) is 14.2 Å². The van der Waals surface area contributed by atoms with E-state index in [0.717, 1.165) is 18.9 Å². The molecule has 1 fully saturated rings. The molecule has 13 heavy (non-hydrogen) atoms. The number of hydrogen-bond acceptors (Lipinski definition) is 3. The molecule has 0 N–H and O–H groups in total. The average molecular weight is 203 g/mol. The van der Waals surface area contributed by atoms with Gasteiger partial charge in [-0.05, 0) is 25.3 Å². The van der Waals surface area contributed by atoms with E-state index in [1.54, 1.807) is 14.2 Å². The first-order valence-electron chi connectivity index (χ1n) is 4.91. The van der Waals surface area contributed by atoms with Crippen LogP contribution in [0.1, 0.15) is 26.2 Å². The lowest BCUT2D eigenvalue weighted by Gasteiger charge is -2.07. The molecule has 4 heteroatoms. The van der Waals surface area contributed by atoms with Crippen molar-refractivity contribution in [3.63, 3.8) is 0 Å². The third kappa shape index (κ3) is 3.77. The molecule has 1 rings (SSSR count). The smallest absolute Gasteiger partial charge is 0.384 e. The molecule has 1 radical (unpaired) electrons. The van der Waals surface area contributed by atoms with Crippen molar-refractivity contribution in [1.82, 2.24) is 0 Å². The molecule has 0 saturated carbocycles. The molecule has 1 heterocycles. The molecule has 1 aliphatic rings. The van der Waals surface area contributed by atoms with E-state index in [9.17, 15) is 0 Å². The molecule has 1 saturated heterocycles. The van der Waals surface area contributed by atoms with Crippen molar-refractivity contribution in [2.75, 3.05) is 14.2 Å². The molecule has 3 nitrogen and oxygen atoms in total. The fraction of sp³-hybridized carbons (Fsp3) is 1.00. The average Bonchev–Trinajstić information content (AvgIpc) is 2.91. The van der Waals surface area contributed by atoms with Crippen molar-refractivity contribution in [3.8, 4) is 0 Å². The topological polar surface area (TPSA) is 31.0 Å². The van der Waals surface area contributed by atoms with E-state index < -0.39 is 9.28 Å². The van der Waals surface area contributed by atoms with Crippen LogP contribution in [0.15, 0.2) is 0 Å². The van der Waals surface area contributed by atoms with Gasteiger partial charge in [-0.15, -0.1) is 0 Å². The summed E-state index contributed by atoms with van der Waals surface area (Å²) in [4.78, 5) is 0. The standard InChI is InChI=1S/C9H19O3Si/c1-4-8-9(12-8)6-5-7-13(10-2)11-3/h8-9H,4-7H2,1-3H3. The van der Waals surface area contributed by atoms with Crippen molar-refractivity contribution in [2.45, 2.75) is 44.4 Å². The Bertz CT molecular complexity index is 139. The van der Waals surface area contributed by atoms with Crippen LogP contribution < -0.4 is 0 Å². The third-order valence-corrected chi connectivity index (χ3v) is 4.09. The van der Waals surface area contributed by atoms with Gasteiger partial charge in [0.25, 0.3) is 0 Å². The van der Waals surface area contributed by atoms with Crippen LogP contribution in [0.3, 0.4) is 0 Å². The van der Waals surface area contributed by atoms with Gasteiger partial charge in [0.15, 0.2) is 0 Å². The highest BCUT2D eigenvalue weighted by Crippen LogP contribution is 2.29. The summed E-state index contributed by atoms with van der Waals surface area (Å²) >= 11 is 0. The molecule has 0 aliphatic carbocycles. The zero-order chi connectivity index (χ0) is 9.68. The molecule has 77 valence electrons. The highest BCUT2D eigenvalue weighted by atomic mass is 28.3. The van der Waals surface area contributed by atoms with Gasteiger partial charge in [-0.2, -0.15) is 0 Å². The van der Waals surface area contributed by atoms with E-state index in [4.69, 9.17) is 13.6 Å². The van der Waals surface area contributed by atoms with Crippen LogP contribution >= 0.6 is 0 Å². The quantitative estimate of drug-likeness (QED) is 0.466. The van der Waals surface area contributed by atoms with Gasteiger partial charge >= 0.3 is 9.28 Å². The molecular formula is C9H19O3Si. The fourth-order valence-corrected chi connectivity index (χ4v) is 2.59. The molecule has 0 spiro atoms. The highest BCUT2D eigenvalue weighted by Gasteiger charge is 2.36. The van der Waals surface area contributed by atoms with Crippen molar-refractivity contribution in [2.24, 2.45) is 0 Å². The Kier molecular flexibility index (Phi) is 4.94. The van der Waals surface area contributed by atoms with Gasteiger partial charge in [-0.1, -0.05) is 6.92 Å². The maximum Gasteiger partial charge on any atom is 0.384 e. The second kappa shape index (κ2) is 5.75. The normalized spacial score (nSPS) is 26.8. The van der Waals surface area contributed by atoms with Crippen molar-refractivity contribution >= 4 is 9.28 Å². The Hall–Kier alpha value is 0.0969. The first kappa shape index (κ1) is 11.2. The third-order valence-electron chi connectivity index (χ3n) is 2.41. The van der Waals surface area contributed by atoms with Gasteiger partial charge in [0.1, 0.15) is 0 Å². The molecular weight excluding hydrogens is 184 g/mol. The first-order chi connectivity index (χ1) is 6.31. The van der Waals surface area contributed by atoms with Crippen LogP contribution in [0.2, 0.25) is 6.04 Å². The zero-order valence-electron chi connectivity index (χ0n) is 8.71. The van der Waals surface area contributed by atoms with E-state index in [2.05, 4.69) is 6.92 Å². The van der Waals surface area contributed by atoms with Gasteiger partial charge in [-0.3, -0.25) is 0 Å². The van der Waals surface area contributed by atoms with Crippen LogP contribution in [-0.4, -0.2) is 35.7 Å². The predicted molar refractivity (Wildman–Crippen MR) is 52.8 cm³/mol. The Morgan fingerprint density at radius 1 is 1.23 bits per heavy atom. The summed E-state index contributed by atoms with van der Waals surface area (Å²) in [6.45, 7) is 2.17. The number of hydrogen-bond donors (Lipinski definition) is 0. The van der Waals surface area contributed by atoms with E-state index in [1.807, 2.05) is 0 Å². The fourth-order valence-electron chi connectivity index (χ4n) is 1.53. The van der Waals surface area contributed by atoms with Crippen molar-refractivity contribution in [1.29, 1.82) is 0 Å². The van der Waals surface area contributed by atoms with Gasteiger partial charge in [0.2, 0.25) is 0 Å². The molecule has 1 aliphatic heterocycles. The summed E-state index contributed by atoms with van der Waals surface area (Å²) in [5, 5.41) is 0. The summed E-state index contributed by atoms with van der Waals surface area (Å²) in [7, 11) is 2.47. The SMILES string of the molecule is CCC1OC1CCC[Si](OC)OC. The number of rotatable bonds is 7. The monoisotopic (exact) mass is 203 g/mol. The summed E-state index contributed by atoms with van der Waals surface area (Å²) < 4.78 is 15.8. The van der Waals surface area contributed by atoms with Crippen LogP contribution in [0.4, 0.5) is 0 Å². The Morgan fingerprint density at radius 3 is 2.38 bits per heavy atom. The molecule has 0 bridgehead atoms. The van der Waals surface area contributed by atoms with Gasteiger partial charge in [-0.25, -0.2) is 0 Å². The summed E-state index contributed by atoms with van der Waals surface area (Å²) in [5.41, 5.74) is 0. The number of epoxide rings is 1. The minimum Gasteiger partial charge on any atom is -0.397 e. The van der Waals surface area contributed by atoms with E-state index in [-0.39, 0.29) is 0 Å². The lowest BCUT2D eigenvalue weighted by Crippen LogP contribution is -2.18. The maximum atomic E-state index is 5.44. The van der Waals surface area contributed by atoms with E-state index in [1.165, 1.54) is 6.42 Å². The van der Waals surface area contributed by atoms with Gasteiger partial charge in [0.05, 0.1) is 12.2 Å². The minimum atomic E-state index is -0.971.